The first-order valence-electron chi connectivity index (χ1n) is 3.86. The Morgan fingerprint density at radius 2 is 2.46 bits per heavy atom. The lowest BCUT2D eigenvalue weighted by molar-refractivity contribution is -0.110. The molecular weight excluding hydrogens is 184 g/mol. The van der Waals surface area contributed by atoms with Crippen LogP contribution in [0.2, 0.25) is 0 Å². The lowest BCUT2D eigenvalue weighted by atomic mass is 10.2. The van der Waals surface area contributed by atoms with Gasteiger partial charge in [-0.05, 0) is 17.5 Å². The zero-order valence-electron chi connectivity index (χ0n) is 6.81. The largest absolute Gasteiger partial charge is 0.365 e. The van der Waals surface area contributed by atoms with E-state index in [4.69, 9.17) is 0 Å². The molecule has 1 N–H and O–H groups in total. The average Bonchev–Trinajstić information content (AvgIpc) is 2.69. The fraction of sp³-hybridized carbons (Fsp3) is 0.111. The smallest absolute Gasteiger partial charge is 0.186 e. The Balaban J connectivity index is 2.38. The van der Waals surface area contributed by atoms with E-state index in [-0.39, 0.29) is 0 Å². The monoisotopic (exact) mass is 192 g/mol. The van der Waals surface area contributed by atoms with Gasteiger partial charge in [0.05, 0.1) is 5.69 Å². The van der Waals surface area contributed by atoms with E-state index in [0.717, 1.165) is 12.0 Å². The highest BCUT2D eigenvalue weighted by Gasteiger charge is 2.34. The number of thioether (sulfide) groups is 1. The number of carbonyl (C=O) groups is 1. The summed E-state index contributed by atoms with van der Waals surface area (Å²) in [4.78, 5) is 14.4. The number of hydrogen-bond donors (Lipinski definition) is 1. The van der Waals surface area contributed by atoms with Crippen molar-refractivity contribution < 1.29 is 4.79 Å². The Labute approximate surface area is 80.2 Å². The minimum absolute atomic E-state index is 0.707. The minimum atomic E-state index is -0.707. The summed E-state index contributed by atoms with van der Waals surface area (Å²) in [7, 11) is 0. The standard InChI is InChI=1S/C9H8N2OS/c12-7-9(11-5-6-13-9)8-3-1-2-4-10-8/h1-7,11H/t9-/m0/s1. The number of aldehydes is 1. The van der Waals surface area contributed by atoms with Crippen LogP contribution in [0.4, 0.5) is 0 Å². The Bertz CT molecular complexity index is 329. The van der Waals surface area contributed by atoms with Crippen LogP contribution in [0.25, 0.3) is 0 Å². The highest BCUT2D eigenvalue weighted by Crippen LogP contribution is 2.34. The molecule has 0 radical (unpaired) electrons. The maximum absolute atomic E-state index is 11.0. The fourth-order valence-electron chi connectivity index (χ4n) is 1.17. The third-order valence-corrected chi connectivity index (χ3v) is 2.90. The molecule has 1 aromatic heterocycles. The molecule has 1 aliphatic rings. The van der Waals surface area contributed by atoms with Crippen LogP contribution in [0.5, 0.6) is 0 Å². The van der Waals surface area contributed by atoms with Crippen molar-refractivity contribution in [3.63, 3.8) is 0 Å². The van der Waals surface area contributed by atoms with Crippen LogP contribution < -0.4 is 5.32 Å². The summed E-state index contributed by atoms with van der Waals surface area (Å²) in [6.07, 6.45) is 4.31. The maximum atomic E-state index is 11.0. The molecule has 2 heterocycles. The molecule has 1 aromatic rings. The Morgan fingerprint density at radius 3 is 3.00 bits per heavy atom. The maximum Gasteiger partial charge on any atom is 0.186 e. The molecule has 13 heavy (non-hydrogen) atoms. The normalized spacial score (nSPS) is 25.5. The molecule has 0 saturated carbocycles. The van der Waals surface area contributed by atoms with Crippen LogP contribution >= 0.6 is 11.8 Å². The second-order valence-electron chi connectivity index (χ2n) is 2.63. The van der Waals surface area contributed by atoms with Gasteiger partial charge in [0.25, 0.3) is 0 Å². The zero-order valence-corrected chi connectivity index (χ0v) is 7.62. The third-order valence-electron chi connectivity index (χ3n) is 1.83. The van der Waals surface area contributed by atoms with Crippen molar-refractivity contribution in [1.82, 2.24) is 10.3 Å². The molecule has 0 amide bonds. The molecule has 0 unspecified atom stereocenters. The lowest BCUT2D eigenvalue weighted by Gasteiger charge is -2.20. The van der Waals surface area contributed by atoms with Crippen molar-refractivity contribution in [3.8, 4) is 0 Å². The molecule has 2 rings (SSSR count). The van der Waals surface area contributed by atoms with Crippen LogP contribution in [0.15, 0.2) is 36.0 Å². The Morgan fingerprint density at radius 1 is 1.54 bits per heavy atom. The first-order chi connectivity index (χ1) is 6.37. The molecular formula is C9H8N2OS. The van der Waals surface area contributed by atoms with Gasteiger partial charge in [-0.2, -0.15) is 0 Å². The van der Waals surface area contributed by atoms with Crippen molar-refractivity contribution in [1.29, 1.82) is 0 Å². The molecule has 66 valence electrons. The number of nitrogens with one attached hydrogen (secondary N) is 1. The van der Waals surface area contributed by atoms with Gasteiger partial charge in [-0.15, -0.1) is 0 Å². The van der Waals surface area contributed by atoms with E-state index >= 15 is 0 Å². The number of carbonyl (C=O) groups excluding carboxylic acids is 1. The number of pyridine rings is 1. The highest BCUT2D eigenvalue weighted by molar-refractivity contribution is 8.03. The average molecular weight is 192 g/mol. The Kier molecular flexibility index (Phi) is 2.06. The van der Waals surface area contributed by atoms with Crippen molar-refractivity contribution in [2.45, 2.75) is 4.87 Å². The second kappa shape index (κ2) is 3.22. The summed E-state index contributed by atoms with van der Waals surface area (Å²) < 4.78 is 0. The molecule has 0 aliphatic carbocycles. The lowest BCUT2D eigenvalue weighted by Crippen LogP contribution is -2.35. The zero-order chi connectivity index (χ0) is 9.15. The van der Waals surface area contributed by atoms with E-state index in [0.29, 0.717) is 0 Å². The molecule has 0 fully saturated rings. The predicted molar refractivity (Wildman–Crippen MR) is 51.8 cm³/mol. The van der Waals surface area contributed by atoms with Gasteiger partial charge < -0.3 is 5.32 Å². The van der Waals surface area contributed by atoms with Crippen LogP contribution in [0.3, 0.4) is 0 Å². The first kappa shape index (κ1) is 8.31. The number of aromatic nitrogens is 1. The van der Waals surface area contributed by atoms with Crippen molar-refractivity contribution in [2.75, 3.05) is 0 Å². The van der Waals surface area contributed by atoms with Gasteiger partial charge in [-0.1, -0.05) is 17.8 Å². The van der Waals surface area contributed by atoms with Gasteiger partial charge in [0, 0.05) is 12.4 Å². The van der Waals surface area contributed by atoms with Crippen molar-refractivity contribution in [2.24, 2.45) is 0 Å². The Hall–Kier alpha value is -1.29. The highest BCUT2D eigenvalue weighted by atomic mass is 32.2. The van der Waals surface area contributed by atoms with E-state index in [9.17, 15) is 4.79 Å². The number of rotatable bonds is 2. The summed E-state index contributed by atoms with van der Waals surface area (Å²) in [5.74, 6) is 0. The number of hydrogen-bond acceptors (Lipinski definition) is 4. The first-order valence-corrected chi connectivity index (χ1v) is 4.74. The SMILES string of the molecule is O=C[C@]1(c2ccccn2)NC=CS1. The third kappa shape index (κ3) is 1.33. The van der Waals surface area contributed by atoms with Gasteiger partial charge in [-0.25, -0.2) is 0 Å². The van der Waals surface area contributed by atoms with Gasteiger partial charge in [0.2, 0.25) is 0 Å². The quantitative estimate of drug-likeness (QED) is 0.716. The number of nitrogens with zero attached hydrogens (tertiary/aromatic N) is 1. The molecule has 0 spiro atoms. The molecule has 4 heteroatoms. The van der Waals surface area contributed by atoms with Crippen LogP contribution in [-0.4, -0.2) is 11.3 Å². The van der Waals surface area contributed by atoms with Crippen molar-refractivity contribution in [3.05, 3.63) is 41.7 Å². The topological polar surface area (TPSA) is 42.0 Å². The van der Waals surface area contributed by atoms with Crippen molar-refractivity contribution >= 4 is 18.0 Å². The summed E-state index contributed by atoms with van der Waals surface area (Å²) in [5, 5.41) is 4.84. The summed E-state index contributed by atoms with van der Waals surface area (Å²) in [6.45, 7) is 0. The summed E-state index contributed by atoms with van der Waals surface area (Å²) in [6, 6.07) is 5.53. The summed E-state index contributed by atoms with van der Waals surface area (Å²) >= 11 is 1.42. The molecule has 0 bridgehead atoms. The predicted octanol–water partition coefficient (Wildman–Crippen LogP) is 1.24. The fourth-order valence-corrected chi connectivity index (χ4v) is 1.96. The van der Waals surface area contributed by atoms with E-state index < -0.39 is 4.87 Å². The van der Waals surface area contributed by atoms with Gasteiger partial charge >= 0.3 is 0 Å². The molecule has 1 aliphatic heterocycles. The second-order valence-corrected chi connectivity index (χ2v) is 3.79. The summed E-state index contributed by atoms with van der Waals surface area (Å²) in [5.41, 5.74) is 0.736. The van der Waals surface area contributed by atoms with Gasteiger partial charge in [0.1, 0.15) is 0 Å². The van der Waals surface area contributed by atoms with Crippen LogP contribution in [-0.2, 0) is 9.67 Å². The van der Waals surface area contributed by atoms with E-state index in [2.05, 4.69) is 10.3 Å². The van der Waals surface area contributed by atoms with Crippen LogP contribution in [0, 0.1) is 0 Å². The van der Waals surface area contributed by atoms with E-state index in [1.54, 1.807) is 12.4 Å². The molecule has 0 saturated heterocycles. The van der Waals surface area contributed by atoms with Crippen LogP contribution in [0.1, 0.15) is 5.69 Å². The minimum Gasteiger partial charge on any atom is -0.365 e. The van der Waals surface area contributed by atoms with E-state index in [1.807, 2.05) is 23.6 Å². The molecule has 0 aromatic carbocycles. The van der Waals surface area contributed by atoms with E-state index in [1.165, 1.54) is 11.8 Å². The molecule has 1 atom stereocenters. The van der Waals surface area contributed by atoms with Gasteiger partial charge in [0.15, 0.2) is 11.2 Å². The van der Waals surface area contributed by atoms with Gasteiger partial charge in [-0.3, -0.25) is 9.78 Å². The molecule has 3 nitrogen and oxygen atoms in total.